The summed E-state index contributed by atoms with van der Waals surface area (Å²) in [6.07, 6.45) is 1.74. The first kappa shape index (κ1) is 15.5. The lowest BCUT2D eigenvalue weighted by molar-refractivity contribution is 0.0864. The number of hydrogen-bond acceptors (Lipinski definition) is 3. The van der Waals surface area contributed by atoms with Crippen molar-refractivity contribution in [3.05, 3.63) is 28.0 Å². The van der Waals surface area contributed by atoms with E-state index in [2.05, 4.69) is 21.2 Å². The number of nitrogens with one attached hydrogen (secondary N) is 1. The normalized spacial score (nSPS) is 11.4. The molecule has 18 heavy (non-hydrogen) atoms. The first-order valence-electron chi connectivity index (χ1n) is 5.27. The number of thioether (sulfide) groups is 1. The third kappa shape index (κ3) is 3.46. The van der Waals surface area contributed by atoms with Crippen LogP contribution in [0.1, 0.15) is 24.2 Å². The van der Waals surface area contributed by atoms with Gasteiger partial charge in [0.2, 0.25) is 0 Å². The van der Waals surface area contributed by atoms with Gasteiger partial charge in [-0.15, -0.1) is 11.8 Å². The van der Waals surface area contributed by atoms with Crippen LogP contribution in [-0.2, 0) is 0 Å². The van der Waals surface area contributed by atoms with Crippen LogP contribution in [0.25, 0.3) is 0 Å². The molecule has 3 nitrogen and oxygen atoms in total. The Bertz CT molecular complexity index is 466. The molecule has 0 unspecified atom stereocenters. The largest absolute Gasteiger partial charge is 0.394 e. The Kier molecular flexibility index (Phi) is 5.19. The van der Waals surface area contributed by atoms with Crippen LogP contribution in [0.5, 0.6) is 0 Å². The molecule has 1 rings (SSSR count). The van der Waals surface area contributed by atoms with Crippen molar-refractivity contribution >= 4 is 33.6 Å². The van der Waals surface area contributed by atoms with Gasteiger partial charge >= 0.3 is 0 Å². The van der Waals surface area contributed by atoms with Crippen molar-refractivity contribution in [1.29, 1.82) is 0 Å². The highest BCUT2D eigenvalue weighted by atomic mass is 79.9. The Morgan fingerprint density at radius 2 is 2.17 bits per heavy atom. The number of hydrogen-bond donors (Lipinski definition) is 2. The van der Waals surface area contributed by atoms with E-state index in [-0.39, 0.29) is 12.2 Å². The predicted octanol–water partition coefficient (Wildman–Crippen LogP) is 2.81. The smallest absolute Gasteiger partial charge is 0.254 e. The summed E-state index contributed by atoms with van der Waals surface area (Å²) in [5, 5.41) is 11.7. The second-order valence-corrected chi connectivity index (χ2v) is 6.11. The number of carbonyl (C=O) groups is 1. The maximum absolute atomic E-state index is 14.1. The fourth-order valence-corrected chi connectivity index (χ4v) is 2.65. The number of amides is 1. The molecule has 6 heteroatoms. The van der Waals surface area contributed by atoms with Gasteiger partial charge in [-0.2, -0.15) is 0 Å². The summed E-state index contributed by atoms with van der Waals surface area (Å²) in [6, 6.07) is 3.05. The Balaban J connectivity index is 3.08. The second-order valence-electron chi connectivity index (χ2n) is 4.44. The first-order chi connectivity index (χ1) is 8.32. The number of rotatable bonds is 4. The van der Waals surface area contributed by atoms with Gasteiger partial charge in [0.1, 0.15) is 0 Å². The Labute approximate surface area is 118 Å². The van der Waals surface area contributed by atoms with Crippen LogP contribution in [0.15, 0.2) is 21.5 Å². The Morgan fingerprint density at radius 3 is 2.67 bits per heavy atom. The number of halogens is 2. The van der Waals surface area contributed by atoms with Gasteiger partial charge < -0.3 is 10.4 Å². The number of aliphatic hydroxyl groups is 1. The van der Waals surface area contributed by atoms with Gasteiger partial charge in [-0.3, -0.25) is 4.79 Å². The maximum atomic E-state index is 14.1. The molecule has 1 aromatic carbocycles. The third-order valence-electron chi connectivity index (χ3n) is 2.35. The van der Waals surface area contributed by atoms with E-state index >= 15 is 0 Å². The molecule has 0 saturated carbocycles. The SMILES string of the molecule is CSc1c(Br)ccc(C(=O)NC(C)(C)CO)c1F. The third-order valence-corrected chi connectivity index (χ3v) is 4.08. The van der Waals surface area contributed by atoms with E-state index in [0.717, 1.165) is 0 Å². The summed E-state index contributed by atoms with van der Waals surface area (Å²) >= 11 is 4.46. The van der Waals surface area contributed by atoms with Gasteiger partial charge in [0.15, 0.2) is 5.82 Å². The van der Waals surface area contributed by atoms with Crippen LogP contribution in [0.3, 0.4) is 0 Å². The van der Waals surface area contributed by atoms with E-state index in [0.29, 0.717) is 9.37 Å². The van der Waals surface area contributed by atoms with E-state index in [1.165, 1.54) is 17.8 Å². The molecule has 0 aliphatic heterocycles. The molecule has 0 spiro atoms. The van der Waals surface area contributed by atoms with Crippen LogP contribution in [0.4, 0.5) is 4.39 Å². The molecule has 0 radical (unpaired) electrons. The highest BCUT2D eigenvalue weighted by Crippen LogP contribution is 2.30. The first-order valence-corrected chi connectivity index (χ1v) is 7.29. The minimum Gasteiger partial charge on any atom is -0.394 e. The minimum absolute atomic E-state index is 0.0240. The van der Waals surface area contributed by atoms with Gasteiger partial charge in [-0.25, -0.2) is 4.39 Å². The number of carbonyl (C=O) groups excluding carboxylic acids is 1. The lowest BCUT2D eigenvalue weighted by Gasteiger charge is -2.23. The van der Waals surface area contributed by atoms with Crippen molar-refractivity contribution in [3.8, 4) is 0 Å². The maximum Gasteiger partial charge on any atom is 0.254 e. The standard InChI is InChI=1S/C12H15BrFNO2S/c1-12(2,6-16)15-11(17)7-4-5-8(13)10(18-3)9(7)14/h4-5,16H,6H2,1-3H3,(H,15,17). The summed E-state index contributed by atoms with van der Waals surface area (Å²) in [7, 11) is 0. The molecule has 1 aromatic rings. The molecule has 1 amide bonds. The van der Waals surface area contributed by atoms with Gasteiger partial charge in [-0.05, 0) is 48.2 Å². The molecule has 0 atom stereocenters. The van der Waals surface area contributed by atoms with E-state index in [4.69, 9.17) is 5.11 Å². The highest BCUT2D eigenvalue weighted by molar-refractivity contribution is 9.10. The van der Waals surface area contributed by atoms with Gasteiger partial charge in [0.05, 0.1) is 22.6 Å². The second kappa shape index (κ2) is 6.04. The molecular formula is C12H15BrFNO2S. The van der Waals surface area contributed by atoms with Crippen LogP contribution < -0.4 is 5.32 Å². The lowest BCUT2D eigenvalue weighted by Crippen LogP contribution is -2.46. The Hall–Kier alpha value is -0.590. The average Bonchev–Trinajstić information content (AvgIpc) is 2.29. The van der Waals surface area contributed by atoms with Crippen molar-refractivity contribution in [2.75, 3.05) is 12.9 Å². The van der Waals surface area contributed by atoms with Crippen LogP contribution in [0.2, 0.25) is 0 Å². The van der Waals surface area contributed by atoms with Crippen molar-refractivity contribution < 1.29 is 14.3 Å². The minimum atomic E-state index is -0.782. The fourth-order valence-electron chi connectivity index (χ4n) is 1.31. The zero-order valence-electron chi connectivity index (χ0n) is 10.4. The fraction of sp³-hybridized carbons (Fsp3) is 0.417. The highest BCUT2D eigenvalue weighted by Gasteiger charge is 2.23. The van der Waals surface area contributed by atoms with Gasteiger partial charge in [0, 0.05) is 4.47 Å². The molecular weight excluding hydrogens is 321 g/mol. The molecule has 0 bridgehead atoms. The molecule has 0 aliphatic carbocycles. The van der Waals surface area contributed by atoms with E-state index < -0.39 is 17.3 Å². The van der Waals surface area contributed by atoms with Crippen molar-refractivity contribution in [1.82, 2.24) is 5.32 Å². The van der Waals surface area contributed by atoms with Crippen LogP contribution >= 0.6 is 27.7 Å². The van der Waals surface area contributed by atoms with E-state index in [9.17, 15) is 9.18 Å². The average molecular weight is 336 g/mol. The zero-order chi connectivity index (χ0) is 13.9. The molecule has 0 fully saturated rings. The summed E-state index contributed by atoms with van der Waals surface area (Å²) < 4.78 is 14.7. The summed E-state index contributed by atoms with van der Waals surface area (Å²) in [5.74, 6) is -1.09. The van der Waals surface area contributed by atoms with Crippen molar-refractivity contribution in [3.63, 3.8) is 0 Å². The molecule has 0 aromatic heterocycles. The van der Waals surface area contributed by atoms with Crippen LogP contribution in [0, 0.1) is 5.82 Å². The number of aliphatic hydroxyl groups excluding tert-OH is 1. The summed E-state index contributed by atoms with van der Waals surface area (Å²) in [5.41, 5.74) is -0.806. The predicted molar refractivity (Wildman–Crippen MR) is 74.5 cm³/mol. The zero-order valence-corrected chi connectivity index (χ0v) is 12.8. The summed E-state index contributed by atoms with van der Waals surface area (Å²) in [4.78, 5) is 12.3. The van der Waals surface area contributed by atoms with Crippen LogP contribution in [-0.4, -0.2) is 29.4 Å². The van der Waals surface area contributed by atoms with Crippen molar-refractivity contribution in [2.24, 2.45) is 0 Å². The molecule has 0 saturated heterocycles. The van der Waals surface area contributed by atoms with Crippen molar-refractivity contribution in [2.45, 2.75) is 24.3 Å². The van der Waals surface area contributed by atoms with E-state index in [1.54, 1.807) is 26.2 Å². The van der Waals surface area contributed by atoms with Gasteiger partial charge in [0.25, 0.3) is 5.91 Å². The quantitative estimate of drug-likeness (QED) is 0.832. The number of benzene rings is 1. The molecule has 0 aliphatic rings. The molecule has 2 N–H and O–H groups in total. The topological polar surface area (TPSA) is 49.3 Å². The monoisotopic (exact) mass is 335 g/mol. The summed E-state index contributed by atoms with van der Waals surface area (Å²) in [6.45, 7) is 3.11. The van der Waals surface area contributed by atoms with E-state index in [1.807, 2.05) is 0 Å². The molecule has 0 heterocycles. The Morgan fingerprint density at radius 1 is 1.56 bits per heavy atom. The van der Waals surface area contributed by atoms with Gasteiger partial charge in [-0.1, -0.05) is 0 Å². The molecule has 100 valence electrons. The lowest BCUT2D eigenvalue weighted by atomic mass is 10.1.